The van der Waals surface area contributed by atoms with Crippen LogP contribution in [0.3, 0.4) is 0 Å². The molecule has 0 radical (unpaired) electrons. The van der Waals surface area contributed by atoms with Gasteiger partial charge in [-0.25, -0.2) is 9.37 Å². The monoisotopic (exact) mass is 571 g/mol. The summed E-state index contributed by atoms with van der Waals surface area (Å²) in [5, 5.41) is 0.763. The Kier molecular flexibility index (Phi) is 5.29. The molecule has 7 rings (SSSR count). The van der Waals surface area contributed by atoms with Crippen molar-refractivity contribution in [3.8, 4) is 0 Å². The van der Waals surface area contributed by atoms with Gasteiger partial charge in [0.15, 0.2) is 16.1 Å². The zero-order chi connectivity index (χ0) is 27.9. The van der Waals surface area contributed by atoms with Gasteiger partial charge in [-0.05, 0) is 55.8 Å². The van der Waals surface area contributed by atoms with E-state index in [-0.39, 0.29) is 34.0 Å². The molecule has 1 atom stereocenters. The Morgan fingerprint density at radius 3 is 2.50 bits per heavy atom. The highest BCUT2D eigenvalue weighted by atomic mass is 35.5. The normalized spacial score (nSPS) is 17.8. The van der Waals surface area contributed by atoms with Gasteiger partial charge >= 0.3 is 0 Å². The van der Waals surface area contributed by atoms with E-state index in [1.54, 1.807) is 41.3 Å². The maximum Gasteiger partial charge on any atom is 0.297 e. The Hall–Kier alpha value is -4.34. The Balaban J connectivity index is 1.56. The van der Waals surface area contributed by atoms with Gasteiger partial charge in [0, 0.05) is 15.5 Å². The van der Waals surface area contributed by atoms with Gasteiger partial charge in [-0.2, -0.15) is 0 Å². The molecule has 2 aromatic heterocycles. The molecule has 4 heterocycles. The number of benzene rings is 3. The van der Waals surface area contributed by atoms with Gasteiger partial charge in [-0.15, -0.1) is 11.3 Å². The molecule has 0 saturated carbocycles. The van der Waals surface area contributed by atoms with Gasteiger partial charge in [0.1, 0.15) is 11.4 Å². The molecule has 40 heavy (non-hydrogen) atoms. The topological polar surface area (TPSA) is 83.7 Å². The van der Waals surface area contributed by atoms with E-state index in [4.69, 9.17) is 16.0 Å². The van der Waals surface area contributed by atoms with Crippen LogP contribution in [-0.4, -0.2) is 16.8 Å². The summed E-state index contributed by atoms with van der Waals surface area (Å²) >= 11 is 7.33. The van der Waals surface area contributed by atoms with Crippen LogP contribution < -0.4 is 15.2 Å². The van der Waals surface area contributed by atoms with Crippen molar-refractivity contribution in [1.29, 1.82) is 0 Å². The fraction of sp³-hybridized carbons (Fsp3) is 0.133. The van der Waals surface area contributed by atoms with Crippen molar-refractivity contribution in [2.75, 3.05) is 9.80 Å². The molecule has 198 valence electrons. The molecule has 5 aromatic rings. The van der Waals surface area contributed by atoms with Crippen molar-refractivity contribution >= 4 is 56.5 Å². The summed E-state index contributed by atoms with van der Waals surface area (Å²) < 4.78 is 20.3. The van der Waals surface area contributed by atoms with E-state index in [0.717, 1.165) is 22.6 Å². The van der Waals surface area contributed by atoms with Crippen LogP contribution in [0, 0.1) is 19.7 Å². The number of amides is 2. The van der Waals surface area contributed by atoms with E-state index in [1.807, 2.05) is 26.0 Å². The average molecular weight is 572 g/mol. The molecule has 0 aliphatic carbocycles. The standard InChI is InChI=1S/C30H19ClFN3O4S/c1-15-16(2)40-29(33-15)35-27(37)26-24(25(36)20-13-19(32)11-12-23(20)39-26)30(35)21-5-3-4-6-22(21)34(28(30)38)14-17-7-9-18(31)10-8-17/h3-13H,14H2,1-2H3. The van der Waals surface area contributed by atoms with Crippen LogP contribution in [0.1, 0.15) is 37.8 Å². The van der Waals surface area contributed by atoms with Gasteiger partial charge in [-0.1, -0.05) is 41.9 Å². The minimum Gasteiger partial charge on any atom is -0.450 e. The lowest BCUT2D eigenvalue weighted by molar-refractivity contribution is -0.121. The second-order valence-corrected chi connectivity index (χ2v) is 11.4. The number of fused-ring (bicyclic) bond motifs is 5. The maximum atomic E-state index is 14.8. The van der Waals surface area contributed by atoms with Crippen LogP contribution in [0.15, 0.2) is 75.9 Å². The number of carbonyl (C=O) groups is 2. The van der Waals surface area contributed by atoms with Crippen LogP contribution in [0.5, 0.6) is 0 Å². The summed E-state index contributed by atoms with van der Waals surface area (Å²) in [6.45, 7) is 3.84. The minimum atomic E-state index is -1.90. The van der Waals surface area contributed by atoms with Gasteiger partial charge in [0.2, 0.25) is 5.76 Å². The van der Waals surface area contributed by atoms with E-state index in [9.17, 15) is 18.8 Å². The molecule has 3 aromatic carbocycles. The number of rotatable bonds is 3. The number of aromatic nitrogens is 1. The molecule has 2 aliphatic rings. The van der Waals surface area contributed by atoms with Crippen LogP contribution in [0.25, 0.3) is 11.0 Å². The Morgan fingerprint density at radius 2 is 1.77 bits per heavy atom. The summed E-state index contributed by atoms with van der Waals surface area (Å²) in [6, 6.07) is 17.7. The SMILES string of the molecule is Cc1nc(N2C(=O)c3oc4ccc(F)cc4c(=O)c3C23C(=O)N(Cc2ccc(Cl)cc2)c2ccccc23)sc1C. The number of hydrogen-bond donors (Lipinski definition) is 0. The lowest BCUT2D eigenvalue weighted by Crippen LogP contribution is -2.53. The highest BCUT2D eigenvalue weighted by Gasteiger charge is 2.66. The summed E-state index contributed by atoms with van der Waals surface area (Å²) in [6.07, 6.45) is 0. The molecule has 0 saturated heterocycles. The van der Waals surface area contributed by atoms with E-state index in [2.05, 4.69) is 4.98 Å². The second kappa shape index (κ2) is 8.58. The number of para-hydroxylation sites is 1. The number of nitrogens with zero attached hydrogens (tertiary/aromatic N) is 3. The first kappa shape index (κ1) is 24.7. The largest absolute Gasteiger partial charge is 0.450 e. The highest BCUT2D eigenvalue weighted by molar-refractivity contribution is 7.16. The molecule has 10 heteroatoms. The smallest absolute Gasteiger partial charge is 0.297 e. The molecule has 0 fully saturated rings. The predicted octanol–water partition coefficient (Wildman–Crippen LogP) is 6.11. The van der Waals surface area contributed by atoms with Crippen molar-refractivity contribution in [2.45, 2.75) is 25.9 Å². The predicted molar refractivity (Wildman–Crippen MR) is 151 cm³/mol. The molecule has 0 N–H and O–H groups in total. The van der Waals surface area contributed by atoms with Crippen molar-refractivity contribution in [2.24, 2.45) is 0 Å². The quantitative estimate of drug-likeness (QED) is 0.261. The first-order valence-corrected chi connectivity index (χ1v) is 13.6. The number of anilines is 2. The molecule has 2 amide bonds. The van der Waals surface area contributed by atoms with Crippen LogP contribution in [-0.2, 0) is 16.9 Å². The second-order valence-electron chi connectivity index (χ2n) is 9.80. The van der Waals surface area contributed by atoms with Crippen molar-refractivity contribution < 1.29 is 18.4 Å². The number of hydrogen-bond acceptors (Lipinski definition) is 6. The van der Waals surface area contributed by atoms with E-state index in [1.165, 1.54) is 22.3 Å². The van der Waals surface area contributed by atoms with Crippen LogP contribution in [0.4, 0.5) is 15.2 Å². The summed E-state index contributed by atoms with van der Waals surface area (Å²) in [7, 11) is 0. The lowest BCUT2D eigenvalue weighted by Gasteiger charge is -2.32. The van der Waals surface area contributed by atoms with Crippen molar-refractivity contribution in [3.63, 3.8) is 0 Å². The number of aryl methyl sites for hydroxylation is 2. The molecular weight excluding hydrogens is 553 g/mol. The maximum absolute atomic E-state index is 14.8. The highest BCUT2D eigenvalue weighted by Crippen LogP contribution is 2.54. The average Bonchev–Trinajstić information content (AvgIpc) is 3.49. The Bertz CT molecular complexity index is 1950. The molecule has 1 spiro atoms. The Morgan fingerprint density at radius 1 is 1.02 bits per heavy atom. The zero-order valence-corrected chi connectivity index (χ0v) is 22.8. The summed E-state index contributed by atoms with van der Waals surface area (Å²) in [5.41, 5.74) is -0.153. The number of thiazole rings is 1. The van der Waals surface area contributed by atoms with Gasteiger partial charge in [0.25, 0.3) is 11.8 Å². The zero-order valence-electron chi connectivity index (χ0n) is 21.2. The Labute approximate surface area is 236 Å². The number of halogens is 2. The van der Waals surface area contributed by atoms with E-state index >= 15 is 0 Å². The third kappa shape index (κ3) is 3.22. The van der Waals surface area contributed by atoms with Gasteiger partial charge < -0.3 is 9.32 Å². The summed E-state index contributed by atoms with van der Waals surface area (Å²) in [5.74, 6) is -2.07. The molecule has 2 aliphatic heterocycles. The van der Waals surface area contributed by atoms with Crippen LogP contribution >= 0.6 is 22.9 Å². The van der Waals surface area contributed by atoms with Crippen LogP contribution in [0.2, 0.25) is 5.02 Å². The molecule has 0 bridgehead atoms. The van der Waals surface area contributed by atoms with Crippen molar-refractivity contribution in [3.05, 3.63) is 121 Å². The number of carbonyl (C=O) groups excluding carboxylic acids is 2. The van der Waals surface area contributed by atoms with Gasteiger partial charge in [-0.3, -0.25) is 19.3 Å². The van der Waals surface area contributed by atoms with E-state index in [0.29, 0.717) is 22.0 Å². The fourth-order valence-corrected chi connectivity index (χ4v) is 6.70. The minimum absolute atomic E-state index is 0.0544. The van der Waals surface area contributed by atoms with Gasteiger partial charge in [0.05, 0.1) is 28.9 Å². The third-order valence-electron chi connectivity index (χ3n) is 7.55. The fourth-order valence-electron chi connectivity index (χ4n) is 5.62. The molecular formula is C30H19ClFN3O4S. The molecule has 7 nitrogen and oxygen atoms in total. The van der Waals surface area contributed by atoms with Crippen molar-refractivity contribution in [1.82, 2.24) is 4.98 Å². The van der Waals surface area contributed by atoms with E-state index < -0.39 is 28.6 Å². The molecule has 1 unspecified atom stereocenters. The first-order valence-electron chi connectivity index (χ1n) is 12.4. The lowest BCUT2D eigenvalue weighted by atomic mass is 9.84. The third-order valence-corrected chi connectivity index (χ3v) is 8.86. The first-order chi connectivity index (χ1) is 19.2. The summed E-state index contributed by atoms with van der Waals surface area (Å²) in [4.78, 5) is 51.5.